The third kappa shape index (κ3) is 3.88. The fourth-order valence-electron chi connectivity index (χ4n) is 4.44. The van der Waals surface area contributed by atoms with Crippen LogP contribution in [0.5, 0.6) is 0 Å². The molecule has 1 fully saturated rings. The molecule has 2 aromatic rings. The first-order valence-electron chi connectivity index (χ1n) is 10.4. The van der Waals surface area contributed by atoms with Crippen LogP contribution in [0.2, 0.25) is 0 Å². The van der Waals surface area contributed by atoms with Crippen molar-refractivity contribution < 1.29 is 18.4 Å². The molecule has 158 valence electrons. The number of carbonyl (C=O) groups is 2. The molecule has 2 heterocycles. The molecule has 0 aromatic heterocycles. The van der Waals surface area contributed by atoms with Crippen molar-refractivity contribution in [1.29, 1.82) is 0 Å². The maximum atomic E-state index is 13.4. The molecule has 0 spiro atoms. The zero-order valence-corrected chi connectivity index (χ0v) is 17.0. The van der Waals surface area contributed by atoms with Crippen LogP contribution in [-0.4, -0.2) is 36.0 Å². The van der Waals surface area contributed by atoms with Gasteiger partial charge in [-0.1, -0.05) is 6.42 Å². The fraction of sp³-hybridized carbons (Fsp3) is 0.391. The van der Waals surface area contributed by atoms with E-state index in [9.17, 15) is 18.4 Å². The Morgan fingerprint density at radius 3 is 2.60 bits per heavy atom. The molecule has 0 saturated carbocycles. The highest BCUT2D eigenvalue weighted by molar-refractivity contribution is 6.04. The van der Waals surface area contributed by atoms with Crippen LogP contribution in [0.15, 0.2) is 36.4 Å². The summed E-state index contributed by atoms with van der Waals surface area (Å²) in [4.78, 5) is 29.9. The predicted molar refractivity (Wildman–Crippen MR) is 110 cm³/mol. The minimum atomic E-state index is -0.682. The van der Waals surface area contributed by atoms with Crippen molar-refractivity contribution in [3.63, 3.8) is 0 Å². The van der Waals surface area contributed by atoms with E-state index >= 15 is 0 Å². The lowest BCUT2D eigenvalue weighted by molar-refractivity contribution is 0.0656. The summed E-state index contributed by atoms with van der Waals surface area (Å²) >= 11 is 0. The third-order valence-electron chi connectivity index (χ3n) is 5.86. The van der Waals surface area contributed by atoms with Gasteiger partial charge < -0.3 is 15.1 Å². The van der Waals surface area contributed by atoms with E-state index in [1.165, 1.54) is 12.1 Å². The van der Waals surface area contributed by atoms with E-state index in [1.54, 1.807) is 18.2 Å². The van der Waals surface area contributed by atoms with Crippen molar-refractivity contribution in [1.82, 2.24) is 10.2 Å². The average molecular weight is 413 g/mol. The number of nitrogens with zero attached hydrogens (tertiary/aromatic N) is 2. The van der Waals surface area contributed by atoms with Gasteiger partial charge in [0.2, 0.25) is 0 Å². The Labute approximate surface area is 174 Å². The lowest BCUT2D eigenvalue weighted by Crippen LogP contribution is -2.55. The standard InChI is InChI=1S/C23H25F2N3O2/c1-2-27-20-12-16(22(29)26-14-15-10-17(24)13-18(25)11-15)7-8-19(20)23(30)28-9-5-3-4-6-21(27)28/h7-8,10-13,21H,2-6,9,14H2,1H3,(H,26,29)/t21-/m1/s1. The lowest BCUT2D eigenvalue weighted by atomic mass is 10.0. The van der Waals surface area contributed by atoms with Gasteiger partial charge in [-0.25, -0.2) is 8.78 Å². The Morgan fingerprint density at radius 1 is 1.10 bits per heavy atom. The summed E-state index contributed by atoms with van der Waals surface area (Å²) < 4.78 is 26.7. The third-order valence-corrected chi connectivity index (χ3v) is 5.86. The van der Waals surface area contributed by atoms with Crippen molar-refractivity contribution in [3.8, 4) is 0 Å². The summed E-state index contributed by atoms with van der Waals surface area (Å²) in [6.45, 7) is 3.55. The topological polar surface area (TPSA) is 52.7 Å². The summed E-state index contributed by atoms with van der Waals surface area (Å²) in [6, 6.07) is 8.26. The van der Waals surface area contributed by atoms with Gasteiger partial charge in [0.05, 0.1) is 11.3 Å². The summed E-state index contributed by atoms with van der Waals surface area (Å²) in [5.41, 5.74) is 2.14. The van der Waals surface area contributed by atoms with Crippen LogP contribution >= 0.6 is 0 Å². The molecule has 0 bridgehead atoms. The van der Waals surface area contributed by atoms with Crippen LogP contribution in [0.25, 0.3) is 0 Å². The molecule has 2 aliphatic rings. The number of amides is 2. The smallest absolute Gasteiger partial charge is 0.257 e. The lowest BCUT2D eigenvalue weighted by Gasteiger charge is -2.44. The van der Waals surface area contributed by atoms with Crippen LogP contribution in [0, 0.1) is 11.6 Å². The molecule has 0 unspecified atom stereocenters. The molecule has 30 heavy (non-hydrogen) atoms. The quantitative estimate of drug-likeness (QED) is 0.822. The van der Waals surface area contributed by atoms with Crippen molar-refractivity contribution in [3.05, 3.63) is 64.7 Å². The van der Waals surface area contributed by atoms with Gasteiger partial charge in [0.25, 0.3) is 11.8 Å². The minimum Gasteiger partial charge on any atom is -0.351 e. The van der Waals surface area contributed by atoms with E-state index in [0.29, 0.717) is 16.7 Å². The Bertz CT molecular complexity index is 959. The summed E-state index contributed by atoms with van der Waals surface area (Å²) in [6.07, 6.45) is 4.13. The Morgan fingerprint density at radius 2 is 1.87 bits per heavy atom. The van der Waals surface area contributed by atoms with Crippen LogP contribution in [0.1, 0.15) is 58.9 Å². The van der Waals surface area contributed by atoms with E-state index in [2.05, 4.69) is 10.2 Å². The number of hydrogen-bond donors (Lipinski definition) is 1. The molecule has 1 atom stereocenters. The fourth-order valence-corrected chi connectivity index (χ4v) is 4.44. The molecule has 2 aliphatic heterocycles. The number of fused-ring (bicyclic) bond motifs is 2. The van der Waals surface area contributed by atoms with Crippen LogP contribution in [0.3, 0.4) is 0 Å². The zero-order chi connectivity index (χ0) is 21.3. The van der Waals surface area contributed by atoms with Crippen LogP contribution in [0.4, 0.5) is 14.5 Å². The molecule has 5 nitrogen and oxygen atoms in total. The summed E-state index contributed by atoms with van der Waals surface area (Å²) in [5.74, 6) is -1.70. The van der Waals surface area contributed by atoms with Gasteiger partial charge in [0.15, 0.2) is 0 Å². The van der Waals surface area contributed by atoms with Crippen molar-refractivity contribution >= 4 is 17.5 Å². The number of benzene rings is 2. The second kappa shape index (κ2) is 8.42. The normalized spacial score (nSPS) is 18.5. The number of carbonyl (C=O) groups excluding carboxylic acids is 2. The van der Waals surface area contributed by atoms with Gasteiger partial charge in [0, 0.05) is 31.3 Å². The first kappa shape index (κ1) is 20.3. The highest BCUT2D eigenvalue weighted by Gasteiger charge is 2.37. The highest BCUT2D eigenvalue weighted by Crippen LogP contribution is 2.35. The molecular formula is C23H25F2N3O2. The van der Waals surface area contributed by atoms with E-state index in [-0.39, 0.29) is 24.5 Å². The molecule has 4 rings (SSSR count). The number of halogens is 2. The molecule has 1 saturated heterocycles. The predicted octanol–water partition coefficient (Wildman–Crippen LogP) is 4.08. The molecule has 0 aliphatic carbocycles. The van der Waals surface area contributed by atoms with E-state index < -0.39 is 11.6 Å². The molecule has 2 aromatic carbocycles. The van der Waals surface area contributed by atoms with Crippen molar-refractivity contribution in [2.24, 2.45) is 0 Å². The first-order valence-corrected chi connectivity index (χ1v) is 10.4. The summed E-state index contributed by atoms with van der Waals surface area (Å²) in [7, 11) is 0. The maximum absolute atomic E-state index is 13.4. The number of hydrogen-bond acceptors (Lipinski definition) is 3. The summed E-state index contributed by atoms with van der Waals surface area (Å²) in [5, 5.41) is 2.70. The SMILES string of the molecule is CCN1c2cc(C(=O)NCc3cc(F)cc(F)c3)ccc2C(=O)N2CCCCC[C@@H]21. The number of anilines is 1. The maximum Gasteiger partial charge on any atom is 0.257 e. The second-order valence-corrected chi connectivity index (χ2v) is 7.81. The van der Waals surface area contributed by atoms with Crippen LogP contribution < -0.4 is 10.2 Å². The van der Waals surface area contributed by atoms with E-state index in [1.807, 2.05) is 11.8 Å². The van der Waals surface area contributed by atoms with Crippen molar-refractivity contribution in [2.75, 3.05) is 18.0 Å². The minimum absolute atomic E-state index is 0.0113. The average Bonchev–Trinajstić information content (AvgIpc) is 2.98. The largest absolute Gasteiger partial charge is 0.351 e. The Balaban J connectivity index is 1.57. The molecule has 2 amide bonds. The molecular weight excluding hydrogens is 388 g/mol. The van der Waals surface area contributed by atoms with E-state index in [0.717, 1.165) is 50.5 Å². The molecule has 0 radical (unpaired) electrons. The van der Waals surface area contributed by atoms with E-state index in [4.69, 9.17) is 0 Å². The number of nitrogens with one attached hydrogen (secondary N) is 1. The zero-order valence-electron chi connectivity index (χ0n) is 17.0. The molecule has 1 N–H and O–H groups in total. The van der Waals surface area contributed by atoms with Gasteiger partial charge in [0.1, 0.15) is 17.8 Å². The van der Waals surface area contributed by atoms with Gasteiger partial charge >= 0.3 is 0 Å². The van der Waals surface area contributed by atoms with Gasteiger partial charge in [-0.2, -0.15) is 0 Å². The highest BCUT2D eigenvalue weighted by atomic mass is 19.1. The van der Waals surface area contributed by atoms with Crippen molar-refractivity contribution in [2.45, 2.75) is 45.3 Å². The molecule has 7 heteroatoms. The second-order valence-electron chi connectivity index (χ2n) is 7.81. The van der Waals surface area contributed by atoms with Gasteiger partial charge in [-0.3, -0.25) is 9.59 Å². The first-order chi connectivity index (χ1) is 14.5. The van der Waals surface area contributed by atoms with Gasteiger partial charge in [-0.05, 0) is 62.1 Å². The van der Waals surface area contributed by atoms with Gasteiger partial charge in [-0.15, -0.1) is 0 Å². The number of rotatable bonds is 4. The Kier molecular flexibility index (Phi) is 5.70. The van der Waals surface area contributed by atoms with Crippen LogP contribution in [-0.2, 0) is 6.54 Å². The monoisotopic (exact) mass is 413 g/mol. The Hall–Kier alpha value is -2.96.